The molecule has 1 aromatic heterocycles. The SMILES string of the molecule is Cc1cc2sc(NC(=S)NC(=O)COc3ccccc3)nc2cc1Cl. The molecule has 5 nitrogen and oxygen atoms in total. The van der Waals surface area contributed by atoms with Crippen LogP contribution < -0.4 is 15.4 Å². The highest BCUT2D eigenvalue weighted by molar-refractivity contribution is 7.80. The Morgan fingerprint density at radius 2 is 2.08 bits per heavy atom. The Morgan fingerprint density at radius 1 is 1.32 bits per heavy atom. The average molecular weight is 392 g/mol. The van der Waals surface area contributed by atoms with Gasteiger partial charge in [0.15, 0.2) is 16.9 Å². The summed E-state index contributed by atoms with van der Waals surface area (Å²) in [5, 5.41) is 6.89. The van der Waals surface area contributed by atoms with E-state index in [-0.39, 0.29) is 17.6 Å². The molecule has 25 heavy (non-hydrogen) atoms. The van der Waals surface area contributed by atoms with Crippen molar-refractivity contribution in [2.24, 2.45) is 0 Å². The minimum Gasteiger partial charge on any atom is -0.484 e. The number of fused-ring (bicyclic) bond motifs is 1. The van der Waals surface area contributed by atoms with Crippen LogP contribution in [0, 0.1) is 6.92 Å². The summed E-state index contributed by atoms with van der Waals surface area (Å²) >= 11 is 12.7. The first-order valence-electron chi connectivity index (χ1n) is 7.36. The van der Waals surface area contributed by atoms with Gasteiger partial charge in [-0.1, -0.05) is 41.1 Å². The number of benzene rings is 2. The van der Waals surface area contributed by atoms with Crippen LogP contribution in [0.4, 0.5) is 5.13 Å². The minimum atomic E-state index is -0.346. The molecule has 2 N–H and O–H groups in total. The highest BCUT2D eigenvalue weighted by Gasteiger charge is 2.10. The number of para-hydroxylation sites is 1. The molecule has 2 aromatic carbocycles. The zero-order chi connectivity index (χ0) is 17.8. The van der Waals surface area contributed by atoms with Crippen molar-refractivity contribution in [1.82, 2.24) is 10.3 Å². The predicted molar refractivity (Wildman–Crippen MR) is 106 cm³/mol. The number of amides is 1. The number of aryl methyl sites for hydroxylation is 1. The summed E-state index contributed by atoms with van der Waals surface area (Å²) in [6, 6.07) is 12.9. The van der Waals surface area contributed by atoms with Gasteiger partial charge in [-0.25, -0.2) is 4.98 Å². The minimum absolute atomic E-state index is 0.125. The van der Waals surface area contributed by atoms with Gasteiger partial charge in [0.1, 0.15) is 5.75 Å². The maximum atomic E-state index is 11.9. The van der Waals surface area contributed by atoms with E-state index in [2.05, 4.69) is 15.6 Å². The number of thiocarbonyl (C=S) groups is 1. The highest BCUT2D eigenvalue weighted by atomic mass is 35.5. The molecule has 0 unspecified atom stereocenters. The van der Waals surface area contributed by atoms with E-state index >= 15 is 0 Å². The Kier molecular flexibility index (Phi) is 5.47. The molecule has 0 spiro atoms. The van der Waals surface area contributed by atoms with Crippen LogP contribution in [0.25, 0.3) is 10.2 Å². The van der Waals surface area contributed by atoms with Crippen molar-refractivity contribution in [3.63, 3.8) is 0 Å². The molecule has 0 radical (unpaired) electrons. The Labute approximate surface area is 159 Å². The van der Waals surface area contributed by atoms with E-state index < -0.39 is 0 Å². The lowest BCUT2D eigenvalue weighted by Gasteiger charge is -2.08. The van der Waals surface area contributed by atoms with E-state index in [1.807, 2.05) is 37.3 Å². The van der Waals surface area contributed by atoms with Crippen LogP contribution in [0.1, 0.15) is 5.56 Å². The molecular formula is C17H14ClN3O2S2. The van der Waals surface area contributed by atoms with Gasteiger partial charge >= 0.3 is 0 Å². The number of carbonyl (C=O) groups excluding carboxylic acids is 1. The zero-order valence-electron chi connectivity index (χ0n) is 13.2. The molecule has 1 heterocycles. The van der Waals surface area contributed by atoms with E-state index in [4.69, 9.17) is 28.6 Å². The Hall–Kier alpha value is -2.22. The molecule has 8 heteroatoms. The largest absolute Gasteiger partial charge is 0.484 e. The van der Waals surface area contributed by atoms with E-state index in [0.29, 0.717) is 15.9 Å². The fraction of sp³-hybridized carbons (Fsp3) is 0.118. The van der Waals surface area contributed by atoms with Gasteiger partial charge in [0.25, 0.3) is 5.91 Å². The van der Waals surface area contributed by atoms with Crippen molar-refractivity contribution in [2.75, 3.05) is 11.9 Å². The summed E-state index contributed by atoms with van der Waals surface area (Å²) in [5.74, 6) is 0.274. The number of hydrogen-bond acceptors (Lipinski definition) is 5. The molecule has 3 aromatic rings. The summed E-state index contributed by atoms with van der Waals surface area (Å²) in [6.07, 6.45) is 0. The lowest BCUT2D eigenvalue weighted by Crippen LogP contribution is -2.37. The highest BCUT2D eigenvalue weighted by Crippen LogP contribution is 2.30. The second-order valence-electron chi connectivity index (χ2n) is 5.19. The molecular weight excluding hydrogens is 378 g/mol. The lowest BCUT2D eigenvalue weighted by molar-refractivity contribution is -0.121. The topological polar surface area (TPSA) is 63.2 Å². The maximum Gasteiger partial charge on any atom is 0.264 e. The van der Waals surface area contributed by atoms with Crippen molar-refractivity contribution in [2.45, 2.75) is 6.92 Å². The third kappa shape index (κ3) is 4.66. The van der Waals surface area contributed by atoms with Crippen LogP contribution in [0.2, 0.25) is 5.02 Å². The fourth-order valence-corrected chi connectivity index (χ4v) is 3.44. The molecule has 0 aliphatic carbocycles. The summed E-state index contributed by atoms with van der Waals surface area (Å²) in [4.78, 5) is 16.3. The average Bonchev–Trinajstić information content (AvgIpc) is 2.95. The summed E-state index contributed by atoms with van der Waals surface area (Å²) in [5.41, 5.74) is 1.77. The standard InChI is InChI=1S/C17H14ClN3O2S2/c1-10-7-14-13(8-12(10)18)19-17(25-14)21-16(24)20-15(22)9-23-11-5-3-2-4-6-11/h2-8H,9H2,1H3,(H2,19,20,21,22,24). The monoisotopic (exact) mass is 391 g/mol. The number of rotatable bonds is 4. The second kappa shape index (κ2) is 7.77. The van der Waals surface area contributed by atoms with Crippen LogP contribution in [-0.2, 0) is 4.79 Å². The lowest BCUT2D eigenvalue weighted by atomic mass is 10.2. The number of carbonyl (C=O) groups is 1. The van der Waals surface area contributed by atoms with Crippen LogP contribution in [0.15, 0.2) is 42.5 Å². The number of nitrogens with zero attached hydrogens (tertiary/aromatic N) is 1. The van der Waals surface area contributed by atoms with Crippen LogP contribution in [-0.4, -0.2) is 22.6 Å². The number of hydrogen-bond donors (Lipinski definition) is 2. The van der Waals surface area contributed by atoms with Gasteiger partial charge in [-0.05, 0) is 49.0 Å². The third-order valence-electron chi connectivity index (χ3n) is 3.26. The summed E-state index contributed by atoms with van der Waals surface area (Å²) in [7, 11) is 0. The molecule has 0 saturated carbocycles. The smallest absolute Gasteiger partial charge is 0.264 e. The first-order valence-corrected chi connectivity index (χ1v) is 8.97. The number of nitrogens with one attached hydrogen (secondary N) is 2. The number of halogens is 1. The van der Waals surface area contributed by atoms with Gasteiger partial charge in [-0.15, -0.1) is 0 Å². The normalized spacial score (nSPS) is 10.5. The second-order valence-corrected chi connectivity index (χ2v) is 7.04. The molecule has 0 saturated heterocycles. The third-order valence-corrected chi connectivity index (χ3v) is 4.80. The van der Waals surface area contributed by atoms with E-state index in [9.17, 15) is 4.79 Å². The van der Waals surface area contributed by atoms with E-state index in [1.54, 1.807) is 12.1 Å². The summed E-state index contributed by atoms with van der Waals surface area (Å²) in [6.45, 7) is 1.81. The first kappa shape index (κ1) is 17.6. The predicted octanol–water partition coefficient (Wildman–Crippen LogP) is 4.15. The molecule has 3 rings (SSSR count). The number of ether oxygens (including phenoxy) is 1. The molecule has 1 amide bonds. The van der Waals surface area contributed by atoms with Gasteiger partial charge in [-0.3, -0.25) is 10.1 Å². The Morgan fingerprint density at radius 3 is 2.84 bits per heavy atom. The van der Waals surface area contributed by atoms with Crippen molar-refractivity contribution < 1.29 is 9.53 Å². The van der Waals surface area contributed by atoms with Gasteiger partial charge in [0.2, 0.25) is 0 Å². The van der Waals surface area contributed by atoms with E-state index in [0.717, 1.165) is 15.8 Å². The molecule has 0 fully saturated rings. The molecule has 128 valence electrons. The van der Waals surface area contributed by atoms with Gasteiger partial charge < -0.3 is 10.1 Å². The fourth-order valence-electron chi connectivity index (χ4n) is 2.06. The maximum absolute atomic E-state index is 11.9. The van der Waals surface area contributed by atoms with Crippen molar-refractivity contribution in [3.05, 3.63) is 53.1 Å². The first-order chi connectivity index (χ1) is 12.0. The van der Waals surface area contributed by atoms with Gasteiger partial charge in [0.05, 0.1) is 10.2 Å². The molecule has 0 aliphatic rings. The molecule has 0 aliphatic heterocycles. The molecule has 0 bridgehead atoms. The summed E-state index contributed by atoms with van der Waals surface area (Å²) < 4.78 is 6.36. The number of thiazole rings is 1. The number of anilines is 1. The van der Waals surface area contributed by atoms with Crippen LogP contribution in [0.3, 0.4) is 0 Å². The quantitative estimate of drug-likeness (QED) is 0.654. The Balaban J connectivity index is 1.56. The van der Waals surface area contributed by atoms with Crippen molar-refractivity contribution in [3.8, 4) is 5.75 Å². The van der Waals surface area contributed by atoms with Gasteiger partial charge in [0, 0.05) is 5.02 Å². The molecule has 0 atom stereocenters. The zero-order valence-corrected chi connectivity index (χ0v) is 15.6. The van der Waals surface area contributed by atoms with E-state index in [1.165, 1.54) is 11.3 Å². The van der Waals surface area contributed by atoms with Crippen molar-refractivity contribution in [1.29, 1.82) is 0 Å². The van der Waals surface area contributed by atoms with Crippen LogP contribution in [0.5, 0.6) is 5.75 Å². The van der Waals surface area contributed by atoms with Crippen molar-refractivity contribution >= 4 is 61.5 Å². The van der Waals surface area contributed by atoms with Gasteiger partial charge in [-0.2, -0.15) is 0 Å². The Bertz CT molecular complexity index is 889. The van der Waals surface area contributed by atoms with Crippen LogP contribution >= 0.6 is 35.2 Å². The number of aromatic nitrogens is 1.